The number of rotatable bonds is 9. The Kier molecular flexibility index (Phi) is 7.36. The third-order valence-electron chi connectivity index (χ3n) is 3.90. The SMILES string of the molecule is C[C@H](O)[C@H](NC(=O)N[C@@H](CCC(=O)O)c1nc(-c2ccc(F)c(F)c2)no1)C(=O)O. The zero-order valence-electron chi connectivity index (χ0n) is 15.5. The molecule has 0 fully saturated rings. The molecule has 0 aliphatic heterocycles. The van der Waals surface area contributed by atoms with Crippen LogP contribution in [0.2, 0.25) is 0 Å². The summed E-state index contributed by atoms with van der Waals surface area (Å²) in [5.74, 6) is -5.27. The van der Waals surface area contributed by atoms with Gasteiger partial charge in [0.2, 0.25) is 11.7 Å². The molecule has 0 saturated carbocycles. The zero-order valence-corrected chi connectivity index (χ0v) is 15.5. The molecule has 3 atom stereocenters. The highest BCUT2D eigenvalue weighted by molar-refractivity contribution is 5.83. The molecular formula is C17H18F2N4O7. The van der Waals surface area contributed by atoms with Crippen molar-refractivity contribution in [3.8, 4) is 11.4 Å². The van der Waals surface area contributed by atoms with Gasteiger partial charge in [-0.3, -0.25) is 4.79 Å². The van der Waals surface area contributed by atoms with Crippen LogP contribution in [0.15, 0.2) is 22.7 Å². The summed E-state index contributed by atoms with van der Waals surface area (Å²) in [6.07, 6.45) is -2.02. The number of hydrogen-bond donors (Lipinski definition) is 5. The molecule has 2 amide bonds. The van der Waals surface area contributed by atoms with Gasteiger partial charge in [-0.1, -0.05) is 5.16 Å². The van der Waals surface area contributed by atoms with E-state index < -0.39 is 54.2 Å². The maximum absolute atomic E-state index is 13.4. The van der Waals surface area contributed by atoms with E-state index in [1.54, 1.807) is 0 Å². The van der Waals surface area contributed by atoms with Crippen molar-refractivity contribution in [2.75, 3.05) is 0 Å². The minimum atomic E-state index is -1.62. The molecule has 30 heavy (non-hydrogen) atoms. The van der Waals surface area contributed by atoms with Gasteiger partial charge in [-0.15, -0.1) is 0 Å². The lowest BCUT2D eigenvalue weighted by molar-refractivity contribution is -0.141. The summed E-state index contributed by atoms with van der Waals surface area (Å²) in [4.78, 5) is 38.1. The van der Waals surface area contributed by atoms with E-state index in [1.165, 1.54) is 6.07 Å². The fourth-order valence-corrected chi connectivity index (χ4v) is 2.38. The highest BCUT2D eigenvalue weighted by atomic mass is 19.2. The monoisotopic (exact) mass is 428 g/mol. The number of carboxylic acids is 2. The van der Waals surface area contributed by atoms with Crippen LogP contribution in [0, 0.1) is 11.6 Å². The molecule has 11 nitrogen and oxygen atoms in total. The van der Waals surface area contributed by atoms with Crippen LogP contribution in [0.5, 0.6) is 0 Å². The summed E-state index contributed by atoms with van der Waals surface area (Å²) in [5.41, 5.74) is 0.0744. The normalized spacial score (nSPS) is 13.9. The Balaban J connectivity index is 2.21. The van der Waals surface area contributed by atoms with Gasteiger partial charge in [0.05, 0.1) is 6.10 Å². The molecule has 1 heterocycles. The van der Waals surface area contributed by atoms with Gasteiger partial charge in [-0.05, 0) is 31.5 Å². The van der Waals surface area contributed by atoms with E-state index in [9.17, 15) is 28.3 Å². The first-order valence-electron chi connectivity index (χ1n) is 8.57. The second-order valence-corrected chi connectivity index (χ2v) is 6.24. The number of carbonyl (C=O) groups is 3. The van der Waals surface area contributed by atoms with Crippen molar-refractivity contribution in [2.45, 2.75) is 38.0 Å². The molecule has 0 radical (unpaired) electrons. The summed E-state index contributed by atoms with van der Waals surface area (Å²) in [6, 6.07) is -0.917. The third kappa shape index (κ3) is 5.94. The molecule has 2 rings (SSSR count). The van der Waals surface area contributed by atoms with Crippen LogP contribution in [-0.2, 0) is 9.59 Å². The number of urea groups is 1. The molecule has 0 unspecified atom stereocenters. The van der Waals surface area contributed by atoms with Crippen LogP contribution in [-0.4, -0.2) is 55.6 Å². The number of aliphatic hydroxyl groups excluding tert-OH is 1. The van der Waals surface area contributed by atoms with E-state index >= 15 is 0 Å². The number of amides is 2. The number of nitrogens with zero attached hydrogens (tertiary/aromatic N) is 2. The number of nitrogens with one attached hydrogen (secondary N) is 2. The molecule has 2 aromatic rings. The van der Waals surface area contributed by atoms with E-state index in [2.05, 4.69) is 15.5 Å². The molecule has 0 aliphatic carbocycles. The Hall–Kier alpha value is -3.61. The van der Waals surface area contributed by atoms with Crippen LogP contribution >= 0.6 is 0 Å². The van der Waals surface area contributed by atoms with Crippen LogP contribution in [0.3, 0.4) is 0 Å². The Labute approximate surface area is 167 Å². The molecule has 13 heteroatoms. The summed E-state index contributed by atoms with van der Waals surface area (Å²) in [6.45, 7) is 1.16. The Morgan fingerprint density at radius 3 is 2.43 bits per heavy atom. The predicted molar refractivity (Wildman–Crippen MR) is 94.0 cm³/mol. The minimum Gasteiger partial charge on any atom is -0.481 e. The molecule has 0 bridgehead atoms. The van der Waals surface area contributed by atoms with Gasteiger partial charge in [0, 0.05) is 12.0 Å². The van der Waals surface area contributed by atoms with Gasteiger partial charge < -0.3 is 30.5 Å². The number of aliphatic hydroxyl groups is 1. The molecule has 0 spiro atoms. The first kappa shape index (κ1) is 22.7. The number of aromatic nitrogens is 2. The number of carbonyl (C=O) groups excluding carboxylic acids is 1. The number of halogens is 2. The maximum Gasteiger partial charge on any atom is 0.328 e. The lowest BCUT2D eigenvalue weighted by Crippen LogP contribution is -2.51. The summed E-state index contributed by atoms with van der Waals surface area (Å²) < 4.78 is 31.5. The first-order chi connectivity index (χ1) is 14.1. The molecule has 1 aromatic carbocycles. The second-order valence-electron chi connectivity index (χ2n) is 6.24. The van der Waals surface area contributed by atoms with Gasteiger partial charge in [-0.2, -0.15) is 4.98 Å². The van der Waals surface area contributed by atoms with Crippen molar-refractivity contribution >= 4 is 18.0 Å². The zero-order chi connectivity index (χ0) is 22.4. The molecule has 0 saturated heterocycles. The Morgan fingerprint density at radius 2 is 1.87 bits per heavy atom. The smallest absolute Gasteiger partial charge is 0.328 e. The maximum atomic E-state index is 13.4. The van der Waals surface area contributed by atoms with Crippen LogP contribution < -0.4 is 10.6 Å². The standard InChI is InChI=1S/C17H18F2N4O7/c1-7(24)13(16(27)28)21-17(29)20-11(4-5-12(25)26)15-22-14(23-30-15)8-2-3-9(18)10(19)6-8/h2-3,6-7,11,13,24H,4-5H2,1H3,(H,25,26)(H,27,28)(H2,20,21,29)/t7-,11-,13-/m0/s1. The van der Waals surface area contributed by atoms with E-state index in [4.69, 9.17) is 14.7 Å². The largest absolute Gasteiger partial charge is 0.481 e. The fraction of sp³-hybridized carbons (Fsp3) is 0.353. The third-order valence-corrected chi connectivity index (χ3v) is 3.90. The van der Waals surface area contributed by atoms with Crippen molar-refractivity contribution in [3.63, 3.8) is 0 Å². The average molecular weight is 428 g/mol. The Bertz CT molecular complexity index is 935. The molecule has 162 valence electrons. The fourth-order valence-electron chi connectivity index (χ4n) is 2.38. The first-order valence-corrected chi connectivity index (χ1v) is 8.57. The van der Waals surface area contributed by atoms with Gasteiger partial charge in [0.1, 0.15) is 6.04 Å². The molecule has 5 N–H and O–H groups in total. The predicted octanol–water partition coefficient (Wildman–Crippen LogP) is 1.05. The van der Waals surface area contributed by atoms with Gasteiger partial charge in [0.25, 0.3) is 0 Å². The topological polar surface area (TPSA) is 175 Å². The number of benzene rings is 1. The van der Waals surface area contributed by atoms with Gasteiger partial charge in [0.15, 0.2) is 17.7 Å². The summed E-state index contributed by atoms with van der Waals surface area (Å²) in [7, 11) is 0. The number of aliphatic carboxylic acids is 2. The van der Waals surface area contributed by atoms with Crippen molar-refractivity contribution in [2.24, 2.45) is 0 Å². The lowest BCUT2D eigenvalue weighted by atomic mass is 10.1. The molecular weight excluding hydrogens is 410 g/mol. The number of carboxylic acid groups (broad SMARTS) is 2. The van der Waals surface area contributed by atoms with Gasteiger partial charge >= 0.3 is 18.0 Å². The quantitative estimate of drug-likeness (QED) is 0.391. The lowest BCUT2D eigenvalue weighted by Gasteiger charge is -2.20. The van der Waals surface area contributed by atoms with Crippen molar-refractivity contribution in [1.82, 2.24) is 20.8 Å². The van der Waals surface area contributed by atoms with E-state index in [-0.39, 0.29) is 23.7 Å². The van der Waals surface area contributed by atoms with Crippen molar-refractivity contribution in [3.05, 3.63) is 35.7 Å². The minimum absolute atomic E-state index is 0.0744. The molecule has 1 aromatic heterocycles. The summed E-state index contributed by atoms with van der Waals surface area (Å²) in [5, 5.41) is 35.3. The Morgan fingerprint density at radius 1 is 1.17 bits per heavy atom. The highest BCUT2D eigenvalue weighted by Gasteiger charge is 2.28. The van der Waals surface area contributed by atoms with Crippen LogP contribution in [0.1, 0.15) is 31.7 Å². The summed E-state index contributed by atoms with van der Waals surface area (Å²) >= 11 is 0. The second kappa shape index (κ2) is 9.73. The molecule has 0 aliphatic rings. The highest BCUT2D eigenvalue weighted by Crippen LogP contribution is 2.23. The van der Waals surface area contributed by atoms with Crippen molar-refractivity contribution in [1.29, 1.82) is 0 Å². The van der Waals surface area contributed by atoms with Crippen LogP contribution in [0.4, 0.5) is 13.6 Å². The van der Waals surface area contributed by atoms with Crippen LogP contribution in [0.25, 0.3) is 11.4 Å². The van der Waals surface area contributed by atoms with E-state index in [0.29, 0.717) is 0 Å². The van der Waals surface area contributed by atoms with Gasteiger partial charge in [-0.25, -0.2) is 18.4 Å². The average Bonchev–Trinajstić information content (AvgIpc) is 3.14. The van der Waals surface area contributed by atoms with Crippen molar-refractivity contribution < 1.29 is 43.0 Å². The van der Waals surface area contributed by atoms with E-state index in [1.807, 2.05) is 5.32 Å². The van der Waals surface area contributed by atoms with E-state index in [0.717, 1.165) is 19.1 Å². The number of hydrogen-bond acceptors (Lipinski definition) is 7.